The number of anilines is 1. The first kappa shape index (κ1) is 27.8. The zero-order chi connectivity index (χ0) is 29.4. The molecule has 0 aliphatic carbocycles. The van der Waals surface area contributed by atoms with Crippen molar-refractivity contribution >= 4 is 60.9 Å². The Balaban J connectivity index is 1.46. The maximum Gasteiger partial charge on any atom is 0.296 e. The fraction of sp³-hybridized carbons (Fsp3) is 0.219. The SMILES string of the molecule is CCCCCOc1cccc(C2C(C(=O)c3cc4cccc(OC)c4o3)=C(O)C(=O)N2c2nc3ccc(Cl)cc3s2)c1. The Kier molecular flexibility index (Phi) is 7.62. The van der Waals surface area contributed by atoms with Crippen molar-refractivity contribution in [3.05, 3.63) is 94.4 Å². The number of nitrogens with zero attached hydrogens (tertiary/aromatic N) is 2. The number of amides is 1. The number of Topliss-reactive ketones (excluding diaryl/α,β-unsaturated/α-hetero) is 1. The molecule has 1 atom stereocenters. The van der Waals surface area contributed by atoms with Gasteiger partial charge in [-0.3, -0.25) is 14.5 Å². The molecule has 42 heavy (non-hydrogen) atoms. The number of carbonyl (C=O) groups is 2. The molecule has 1 amide bonds. The summed E-state index contributed by atoms with van der Waals surface area (Å²) in [7, 11) is 1.51. The third-order valence-corrected chi connectivity index (χ3v) is 8.39. The number of furan rings is 1. The molecule has 3 aromatic carbocycles. The summed E-state index contributed by atoms with van der Waals surface area (Å²) >= 11 is 7.45. The van der Waals surface area contributed by atoms with Crippen LogP contribution in [0.25, 0.3) is 21.2 Å². The monoisotopic (exact) mass is 602 g/mol. The van der Waals surface area contributed by atoms with Gasteiger partial charge in [-0.1, -0.05) is 67.0 Å². The number of thiazole rings is 1. The number of methoxy groups -OCH3 is 1. The summed E-state index contributed by atoms with van der Waals surface area (Å²) < 4.78 is 18.1. The number of hydrogen-bond acceptors (Lipinski definition) is 8. The topological polar surface area (TPSA) is 102 Å². The summed E-state index contributed by atoms with van der Waals surface area (Å²) in [5.41, 5.74) is 1.50. The summed E-state index contributed by atoms with van der Waals surface area (Å²) in [4.78, 5) is 33.8. The molecule has 214 valence electrons. The lowest BCUT2D eigenvalue weighted by Gasteiger charge is -2.24. The van der Waals surface area contributed by atoms with Crippen molar-refractivity contribution in [1.82, 2.24) is 4.98 Å². The quantitative estimate of drug-likeness (QED) is 0.127. The summed E-state index contributed by atoms with van der Waals surface area (Å²) in [6.45, 7) is 2.66. The Labute approximate surface area is 250 Å². The molecule has 0 spiro atoms. The number of carbonyl (C=O) groups excluding carboxylic acids is 2. The lowest BCUT2D eigenvalue weighted by molar-refractivity contribution is -0.117. The molecule has 0 saturated carbocycles. The number of rotatable bonds is 10. The highest BCUT2D eigenvalue weighted by molar-refractivity contribution is 7.22. The Morgan fingerprint density at radius 2 is 1.95 bits per heavy atom. The number of ether oxygens (including phenoxy) is 2. The third kappa shape index (κ3) is 4.99. The van der Waals surface area contributed by atoms with Crippen LogP contribution in [-0.4, -0.2) is 35.5 Å². The minimum absolute atomic E-state index is 0.0289. The van der Waals surface area contributed by atoms with E-state index >= 15 is 0 Å². The molecule has 0 bridgehead atoms. The summed E-state index contributed by atoms with van der Waals surface area (Å²) in [6.07, 6.45) is 3.02. The van der Waals surface area contributed by atoms with Gasteiger partial charge in [0.05, 0.1) is 35.5 Å². The largest absolute Gasteiger partial charge is 0.503 e. The van der Waals surface area contributed by atoms with Crippen LogP contribution in [0.15, 0.2) is 82.5 Å². The van der Waals surface area contributed by atoms with Gasteiger partial charge in [0.15, 0.2) is 28.0 Å². The molecule has 1 aliphatic rings. The zero-order valence-electron chi connectivity index (χ0n) is 22.9. The lowest BCUT2D eigenvalue weighted by atomic mass is 9.95. The van der Waals surface area contributed by atoms with E-state index < -0.39 is 23.5 Å². The van der Waals surface area contributed by atoms with Crippen molar-refractivity contribution in [3.63, 3.8) is 0 Å². The number of aliphatic hydroxyl groups is 1. The first-order valence-corrected chi connectivity index (χ1v) is 14.8. The Morgan fingerprint density at radius 1 is 1.12 bits per heavy atom. The Hall–Kier alpha value is -4.34. The van der Waals surface area contributed by atoms with Crippen molar-refractivity contribution in [2.75, 3.05) is 18.6 Å². The van der Waals surface area contributed by atoms with Crippen LogP contribution >= 0.6 is 22.9 Å². The second-order valence-electron chi connectivity index (χ2n) is 9.89. The number of fused-ring (bicyclic) bond motifs is 2. The number of aliphatic hydroxyl groups excluding tert-OH is 1. The predicted molar refractivity (Wildman–Crippen MR) is 163 cm³/mol. The Bertz CT molecular complexity index is 1860. The molecule has 1 aliphatic heterocycles. The van der Waals surface area contributed by atoms with Crippen LogP contribution in [0.5, 0.6) is 11.5 Å². The van der Waals surface area contributed by atoms with Crippen molar-refractivity contribution in [1.29, 1.82) is 0 Å². The maximum absolute atomic E-state index is 14.1. The van der Waals surface area contributed by atoms with Gasteiger partial charge in [0.1, 0.15) is 5.75 Å². The minimum Gasteiger partial charge on any atom is -0.503 e. The third-order valence-electron chi connectivity index (χ3n) is 7.14. The van der Waals surface area contributed by atoms with Gasteiger partial charge in [0.2, 0.25) is 5.78 Å². The number of para-hydroxylation sites is 1. The van der Waals surface area contributed by atoms with Crippen LogP contribution < -0.4 is 14.4 Å². The van der Waals surface area contributed by atoms with Gasteiger partial charge in [-0.05, 0) is 54.4 Å². The van der Waals surface area contributed by atoms with E-state index in [0.717, 1.165) is 24.0 Å². The highest BCUT2D eigenvalue weighted by atomic mass is 35.5. The fourth-order valence-corrected chi connectivity index (χ4v) is 6.37. The van der Waals surface area contributed by atoms with E-state index in [2.05, 4.69) is 11.9 Å². The average Bonchev–Trinajstić information content (AvgIpc) is 3.69. The zero-order valence-corrected chi connectivity index (χ0v) is 24.5. The standard InChI is InChI=1S/C32H27ClN2O6S/c1-3-4-5-14-40-21-10-6-8-18(15-21)27-26(28(36)24-16-19-9-7-11-23(39-2)30(19)41-24)29(37)31(38)35(27)32-34-22-13-12-20(33)17-25(22)42-32/h6-13,15-17,27,37H,3-5,14H2,1-2H3. The average molecular weight is 603 g/mol. The first-order chi connectivity index (χ1) is 20.4. The molecule has 1 N–H and O–H groups in total. The molecular weight excluding hydrogens is 576 g/mol. The first-order valence-electron chi connectivity index (χ1n) is 13.6. The van der Waals surface area contributed by atoms with Crippen LogP contribution in [0.3, 0.4) is 0 Å². The molecule has 0 saturated heterocycles. The normalized spacial score (nSPS) is 15.3. The summed E-state index contributed by atoms with van der Waals surface area (Å²) in [6, 6.07) is 18.4. The van der Waals surface area contributed by atoms with Crippen LogP contribution in [0.1, 0.15) is 48.3 Å². The van der Waals surface area contributed by atoms with Gasteiger partial charge in [0.25, 0.3) is 5.91 Å². The lowest BCUT2D eigenvalue weighted by Crippen LogP contribution is -2.31. The van der Waals surface area contributed by atoms with E-state index in [1.165, 1.54) is 23.3 Å². The predicted octanol–water partition coefficient (Wildman–Crippen LogP) is 8.06. The van der Waals surface area contributed by atoms with Crippen molar-refractivity contribution in [3.8, 4) is 11.5 Å². The van der Waals surface area contributed by atoms with Gasteiger partial charge in [-0.15, -0.1) is 0 Å². The smallest absolute Gasteiger partial charge is 0.296 e. The van der Waals surface area contributed by atoms with Gasteiger partial charge in [0, 0.05) is 10.4 Å². The van der Waals surface area contributed by atoms with Gasteiger partial charge >= 0.3 is 0 Å². The molecule has 3 heterocycles. The highest BCUT2D eigenvalue weighted by Crippen LogP contribution is 2.45. The molecule has 5 aromatic rings. The van der Waals surface area contributed by atoms with E-state index in [-0.39, 0.29) is 11.3 Å². The molecule has 8 nitrogen and oxygen atoms in total. The number of benzene rings is 3. The molecule has 6 rings (SSSR count). The van der Waals surface area contributed by atoms with Crippen molar-refractivity contribution in [2.45, 2.75) is 32.2 Å². The summed E-state index contributed by atoms with van der Waals surface area (Å²) in [5.74, 6) is -0.991. The number of ketones is 1. The van der Waals surface area contributed by atoms with E-state index in [0.29, 0.717) is 50.3 Å². The van der Waals surface area contributed by atoms with Gasteiger partial charge in [-0.25, -0.2) is 4.98 Å². The van der Waals surface area contributed by atoms with Crippen LogP contribution in [0.2, 0.25) is 5.02 Å². The second kappa shape index (κ2) is 11.5. The van der Waals surface area contributed by atoms with Gasteiger partial charge < -0.3 is 19.0 Å². The molecule has 2 aromatic heterocycles. The van der Waals surface area contributed by atoms with Gasteiger partial charge in [-0.2, -0.15) is 0 Å². The molecule has 0 radical (unpaired) electrons. The van der Waals surface area contributed by atoms with E-state index in [9.17, 15) is 14.7 Å². The van der Waals surface area contributed by atoms with Crippen LogP contribution in [0, 0.1) is 0 Å². The number of unbranched alkanes of at least 4 members (excludes halogenated alkanes) is 2. The molecular formula is C32H27ClN2O6S. The van der Waals surface area contributed by atoms with Crippen molar-refractivity contribution < 1.29 is 28.6 Å². The van der Waals surface area contributed by atoms with E-state index in [1.54, 1.807) is 60.7 Å². The molecule has 0 fully saturated rings. The van der Waals surface area contributed by atoms with Crippen LogP contribution in [0.4, 0.5) is 5.13 Å². The minimum atomic E-state index is -0.990. The van der Waals surface area contributed by atoms with Crippen molar-refractivity contribution in [2.24, 2.45) is 0 Å². The molecule has 10 heteroatoms. The number of aromatic nitrogens is 1. The second-order valence-corrected chi connectivity index (χ2v) is 11.3. The highest BCUT2D eigenvalue weighted by Gasteiger charge is 2.46. The van der Waals surface area contributed by atoms with Crippen LogP contribution in [-0.2, 0) is 4.79 Å². The number of halogens is 1. The van der Waals surface area contributed by atoms with E-state index in [1.807, 2.05) is 6.07 Å². The van der Waals surface area contributed by atoms with E-state index in [4.69, 9.17) is 25.5 Å². The fourth-order valence-electron chi connectivity index (χ4n) is 5.10. The summed E-state index contributed by atoms with van der Waals surface area (Å²) in [5, 5.41) is 12.7. The molecule has 1 unspecified atom stereocenters. The Morgan fingerprint density at radius 3 is 2.76 bits per heavy atom. The number of hydrogen-bond donors (Lipinski definition) is 1. The maximum atomic E-state index is 14.1.